The molecule has 0 unspecified atom stereocenters. The van der Waals surface area contributed by atoms with Crippen LogP contribution in [-0.2, 0) is 0 Å². The average Bonchev–Trinajstić information content (AvgIpc) is 2.76. The van der Waals surface area contributed by atoms with Crippen LogP contribution < -0.4 is 20.3 Å². The lowest BCUT2D eigenvalue weighted by atomic mass is 10.2. The molecular formula is C26H27N3O. The molecule has 4 nitrogen and oxygen atoms in total. The second-order valence-electron chi connectivity index (χ2n) is 6.74. The van der Waals surface area contributed by atoms with E-state index in [0.717, 1.165) is 48.1 Å². The molecule has 0 saturated heterocycles. The third-order valence-electron chi connectivity index (χ3n) is 4.41. The van der Waals surface area contributed by atoms with Gasteiger partial charge in [0.15, 0.2) is 0 Å². The van der Waals surface area contributed by atoms with Crippen molar-refractivity contribution < 1.29 is 4.74 Å². The van der Waals surface area contributed by atoms with Crippen molar-refractivity contribution >= 4 is 17.1 Å². The molecule has 0 saturated carbocycles. The van der Waals surface area contributed by atoms with Crippen molar-refractivity contribution in [2.24, 2.45) is 0 Å². The van der Waals surface area contributed by atoms with Gasteiger partial charge in [0.2, 0.25) is 0 Å². The van der Waals surface area contributed by atoms with E-state index in [-0.39, 0.29) is 0 Å². The van der Waals surface area contributed by atoms with Gasteiger partial charge in [0.1, 0.15) is 17.3 Å². The van der Waals surface area contributed by atoms with E-state index in [2.05, 4.69) is 52.7 Å². The zero-order valence-corrected chi connectivity index (χ0v) is 17.3. The molecule has 0 fully saturated rings. The smallest absolute Gasteiger partial charge is 0.127 e. The largest absolute Gasteiger partial charge is 0.457 e. The normalized spacial score (nSPS) is 13.4. The predicted octanol–water partition coefficient (Wildman–Crippen LogP) is 5.92. The monoisotopic (exact) mass is 397 g/mol. The molecule has 30 heavy (non-hydrogen) atoms. The first kappa shape index (κ1) is 20.9. The van der Waals surface area contributed by atoms with Gasteiger partial charge in [0, 0.05) is 30.0 Å². The molecule has 1 aliphatic rings. The zero-order valence-electron chi connectivity index (χ0n) is 17.3. The van der Waals surface area contributed by atoms with Gasteiger partial charge in [0.05, 0.1) is 6.54 Å². The van der Waals surface area contributed by atoms with E-state index >= 15 is 0 Å². The topological polar surface area (TPSA) is 36.5 Å². The number of allylic oxidation sites excluding steroid dienone is 4. The van der Waals surface area contributed by atoms with Crippen molar-refractivity contribution in [1.82, 2.24) is 0 Å². The summed E-state index contributed by atoms with van der Waals surface area (Å²) in [6, 6.07) is 16.0. The molecule has 0 amide bonds. The maximum atomic E-state index is 5.84. The molecule has 4 heteroatoms. The minimum Gasteiger partial charge on any atom is -0.457 e. The summed E-state index contributed by atoms with van der Waals surface area (Å²) in [6.45, 7) is 11.5. The minimum atomic E-state index is 0.695. The van der Waals surface area contributed by atoms with Crippen LogP contribution in [-0.4, -0.2) is 13.1 Å². The predicted molar refractivity (Wildman–Crippen MR) is 128 cm³/mol. The molecule has 2 aromatic rings. The molecule has 0 aromatic heterocycles. The molecule has 152 valence electrons. The minimum absolute atomic E-state index is 0.695. The van der Waals surface area contributed by atoms with Crippen LogP contribution in [0.3, 0.4) is 0 Å². The van der Waals surface area contributed by atoms with Crippen LogP contribution in [0.15, 0.2) is 97.6 Å². The van der Waals surface area contributed by atoms with Crippen LogP contribution in [0, 0.1) is 11.8 Å². The fourth-order valence-corrected chi connectivity index (χ4v) is 3.04. The SMILES string of the molecule is C=C/C=C(\C=C/C)Oc1ccc(NC(=C)Nc2cccc(N3CC#CCC3)c2)cc1. The number of hydrogen-bond acceptors (Lipinski definition) is 4. The van der Waals surface area contributed by atoms with E-state index in [4.69, 9.17) is 4.74 Å². The molecule has 1 heterocycles. The van der Waals surface area contributed by atoms with Crippen LogP contribution in [0.4, 0.5) is 17.1 Å². The Morgan fingerprint density at radius 1 is 1.10 bits per heavy atom. The standard InChI is InChI=1S/C26H27N3O/c1-4-10-25(11-5-2)30-26-16-14-22(15-17-26)27-21(3)28-23-12-9-13-24(20-23)29-18-7-6-8-19-29/h4-5,9-17,20,27-28H,1,3,7,18-19H2,2H3/b11-5-,25-10+. The molecule has 2 aromatic carbocycles. The highest BCUT2D eigenvalue weighted by molar-refractivity contribution is 5.62. The number of hydrogen-bond donors (Lipinski definition) is 2. The molecule has 3 rings (SSSR count). The van der Waals surface area contributed by atoms with E-state index in [1.165, 1.54) is 0 Å². The molecule has 1 aliphatic heterocycles. The molecule has 0 atom stereocenters. The highest BCUT2D eigenvalue weighted by atomic mass is 16.5. The number of rotatable bonds is 9. The van der Waals surface area contributed by atoms with Crippen molar-refractivity contribution in [3.63, 3.8) is 0 Å². The fraction of sp³-hybridized carbons (Fsp3) is 0.154. The summed E-state index contributed by atoms with van der Waals surface area (Å²) in [5, 5.41) is 6.60. The second kappa shape index (κ2) is 10.6. The van der Waals surface area contributed by atoms with Crippen LogP contribution in [0.1, 0.15) is 13.3 Å². The summed E-state index contributed by atoms with van der Waals surface area (Å²) < 4.78 is 5.84. The lowest BCUT2D eigenvalue weighted by Crippen LogP contribution is -2.26. The number of anilines is 3. The van der Waals surface area contributed by atoms with Gasteiger partial charge in [-0.25, -0.2) is 0 Å². The number of nitrogens with zero attached hydrogens (tertiary/aromatic N) is 1. The molecule has 0 bridgehead atoms. The Bertz CT molecular complexity index is 1010. The van der Waals surface area contributed by atoms with Gasteiger partial charge in [-0.2, -0.15) is 0 Å². The second-order valence-corrected chi connectivity index (χ2v) is 6.74. The van der Waals surface area contributed by atoms with E-state index < -0.39 is 0 Å². The zero-order chi connectivity index (χ0) is 21.2. The quantitative estimate of drug-likeness (QED) is 0.313. The summed E-state index contributed by atoms with van der Waals surface area (Å²) in [4.78, 5) is 2.28. The van der Waals surface area contributed by atoms with E-state index in [9.17, 15) is 0 Å². The molecular weight excluding hydrogens is 370 g/mol. The first-order valence-corrected chi connectivity index (χ1v) is 9.95. The summed E-state index contributed by atoms with van der Waals surface area (Å²) in [6.07, 6.45) is 8.25. The Labute approximate surface area is 179 Å². The van der Waals surface area contributed by atoms with E-state index in [1.807, 2.05) is 61.5 Å². The first-order chi connectivity index (χ1) is 14.7. The summed E-state index contributed by atoms with van der Waals surface area (Å²) in [5.74, 6) is 8.48. The molecule has 2 N–H and O–H groups in total. The van der Waals surface area contributed by atoms with Crippen LogP contribution >= 0.6 is 0 Å². The van der Waals surface area contributed by atoms with Gasteiger partial charge in [-0.05, 0) is 61.5 Å². The molecule has 0 radical (unpaired) electrons. The number of nitrogens with one attached hydrogen (secondary N) is 2. The third kappa shape index (κ3) is 6.08. The van der Waals surface area contributed by atoms with Crippen LogP contribution in [0.25, 0.3) is 0 Å². The van der Waals surface area contributed by atoms with Gasteiger partial charge < -0.3 is 20.3 Å². The maximum absolute atomic E-state index is 5.84. The first-order valence-electron chi connectivity index (χ1n) is 9.95. The van der Waals surface area contributed by atoms with Crippen molar-refractivity contribution in [3.05, 3.63) is 97.6 Å². The van der Waals surface area contributed by atoms with Gasteiger partial charge >= 0.3 is 0 Å². The Morgan fingerprint density at radius 3 is 2.60 bits per heavy atom. The van der Waals surface area contributed by atoms with E-state index in [0.29, 0.717) is 5.82 Å². The van der Waals surface area contributed by atoms with Crippen molar-refractivity contribution in [2.45, 2.75) is 13.3 Å². The van der Waals surface area contributed by atoms with Crippen LogP contribution in [0.5, 0.6) is 5.75 Å². The van der Waals surface area contributed by atoms with Gasteiger partial charge in [0.25, 0.3) is 0 Å². The van der Waals surface area contributed by atoms with Gasteiger partial charge in [-0.15, -0.1) is 0 Å². The lowest BCUT2D eigenvalue weighted by Gasteiger charge is -2.24. The highest BCUT2D eigenvalue weighted by Gasteiger charge is 2.08. The summed E-state index contributed by atoms with van der Waals surface area (Å²) in [7, 11) is 0. The number of benzene rings is 2. The third-order valence-corrected chi connectivity index (χ3v) is 4.41. The van der Waals surface area contributed by atoms with E-state index in [1.54, 1.807) is 6.08 Å². The summed E-state index contributed by atoms with van der Waals surface area (Å²) >= 11 is 0. The van der Waals surface area contributed by atoms with Crippen molar-refractivity contribution in [1.29, 1.82) is 0 Å². The summed E-state index contributed by atoms with van der Waals surface area (Å²) in [5.41, 5.74) is 3.06. The maximum Gasteiger partial charge on any atom is 0.127 e. The Kier molecular flexibility index (Phi) is 7.40. The fourth-order valence-electron chi connectivity index (χ4n) is 3.04. The van der Waals surface area contributed by atoms with Gasteiger partial charge in [-0.3, -0.25) is 0 Å². The highest BCUT2D eigenvalue weighted by Crippen LogP contribution is 2.23. The Morgan fingerprint density at radius 2 is 1.90 bits per heavy atom. The average molecular weight is 398 g/mol. The lowest BCUT2D eigenvalue weighted by molar-refractivity contribution is 0.444. The Hall–Kier alpha value is -3.84. The Balaban J connectivity index is 1.58. The van der Waals surface area contributed by atoms with Crippen LogP contribution in [0.2, 0.25) is 0 Å². The molecule has 0 aliphatic carbocycles. The van der Waals surface area contributed by atoms with Crippen molar-refractivity contribution in [2.75, 3.05) is 28.6 Å². The van der Waals surface area contributed by atoms with Crippen molar-refractivity contribution in [3.8, 4) is 17.6 Å². The number of ether oxygens (including phenoxy) is 1. The molecule has 0 spiro atoms. The van der Waals surface area contributed by atoms with Gasteiger partial charge in [-0.1, -0.05) is 43.2 Å².